The zero-order chi connectivity index (χ0) is 23.5. The van der Waals surface area contributed by atoms with Gasteiger partial charge in [0.2, 0.25) is 0 Å². The van der Waals surface area contributed by atoms with Crippen molar-refractivity contribution in [3.05, 3.63) is 45.9 Å². The fourth-order valence-corrected chi connectivity index (χ4v) is 5.93. The number of carbonyl (C=O) groups excluding carboxylic acids is 2. The highest BCUT2D eigenvalue weighted by atomic mass is 32.2. The molecule has 0 spiro atoms. The lowest BCUT2D eigenvalue weighted by atomic mass is 9.94. The van der Waals surface area contributed by atoms with Gasteiger partial charge < -0.3 is 15.0 Å². The molecule has 1 saturated heterocycles. The largest absolute Gasteiger partial charge is 0.497 e. The van der Waals surface area contributed by atoms with Crippen molar-refractivity contribution in [3.63, 3.8) is 0 Å². The molecule has 1 aromatic carbocycles. The van der Waals surface area contributed by atoms with E-state index in [1.165, 1.54) is 23.1 Å². The third-order valence-electron chi connectivity index (χ3n) is 5.85. The Kier molecular flexibility index (Phi) is 7.31. The van der Waals surface area contributed by atoms with Gasteiger partial charge in [-0.05, 0) is 63.2 Å². The van der Waals surface area contributed by atoms with E-state index in [4.69, 9.17) is 4.74 Å². The van der Waals surface area contributed by atoms with E-state index in [0.717, 1.165) is 41.2 Å². The average molecular weight is 485 g/mol. The first-order valence-electron chi connectivity index (χ1n) is 10.9. The summed E-state index contributed by atoms with van der Waals surface area (Å²) >= 11 is 2.63. The quantitative estimate of drug-likeness (QED) is 0.308. The van der Waals surface area contributed by atoms with Crippen LogP contribution in [-0.4, -0.2) is 65.6 Å². The number of amides is 1. The molecule has 3 heterocycles. The molecule has 7 nitrogen and oxygen atoms in total. The zero-order valence-electron chi connectivity index (χ0n) is 19.3. The summed E-state index contributed by atoms with van der Waals surface area (Å²) in [5.74, 6) is 1.88. The van der Waals surface area contributed by atoms with Gasteiger partial charge in [-0.3, -0.25) is 9.59 Å². The van der Waals surface area contributed by atoms with Crippen molar-refractivity contribution in [2.75, 3.05) is 33.0 Å². The average Bonchev–Trinajstić information content (AvgIpc) is 3.29. The Morgan fingerprint density at radius 1 is 1.24 bits per heavy atom. The predicted octanol–water partition coefficient (Wildman–Crippen LogP) is 4.05. The predicted molar refractivity (Wildman–Crippen MR) is 133 cm³/mol. The number of methoxy groups -OCH3 is 1. The molecule has 33 heavy (non-hydrogen) atoms. The second-order valence-corrected chi connectivity index (χ2v) is 10.5. The van der Waals surface area contributed by atoms with Gasteiger partial charge in [0.05, 0.1) is 28.1 Å². The van der Waals surface area contributed by atoms with Crippen molar-refractivity contribution in [3.8, 4) is 5.75 Å². The van der Waals surface area contributed by atoms with Gasteiger partial charge in [-0.25, -0.2) is 9.97 Å². The Labute approximate surface area is 201 Å². The smallest absolute Gasteiger partial charge is 0.261 e. The van der Waals surface area contributed by atoms with E-state index < -0.39 is 0 Å². The summed E-state index contributed by atoms with van der Waals surface area (Å²) in [6.07, 6.45) is 0.939. The third kappa shape index (κ3) is 5.54. The van der Waals surface area contributed by atoms with Gasteiger partial charge in [-0.2, -0.15) is 0 Å². The molecule has 2 aromatic heterocycles. The maximum Gasteiger partial charge on any atom is 0.261 e. The zero-order valence-corrected chi connectivity index (χ0v) is 20.9. The van der Waals surface area contributed by atoms with Crippen molar-refractivity contribution in [1.82, 2.24) is 20.2 Å². The number of benzene rings is 1. The van der Waals surface area contributed by atoms with E-state index in [1.807, 2.05) is 25.1 Å². The number of likely N-dealkylation sites (tertiary alicyclic amines) is 1. The van der Waals surface area contributed by atoms with E-state index in [2.05, 4.69) is 34.2 Å². The van der Waals surface area contributed by atoms with Crippen LogP contribution in [0.2, 0.25) is 0 Å². The highest BCUT2D eigenvalue weighted by Gasteiger charge is 2.26. The number of fused-ring (bicyclic) bond motifs is 1. The highest BCUT2D eigenvalue weighted by Crippen LogP contribution is 2.30. The molecule has 4 rings (SSSR count). The minimum absolute atomic E-state index is 0.0241. The molecule has 0 aliphatic carbocycles. The second-order valence-electron chi connectivity index (χ2n) is 8.44. The first-order chi connectivity index (χ1) is 15.8. The summed E-state index contributed by atoms with van der Waals surface area (Å²) in [7, 11) is 3.72. The minimum atomic E-state index is -0.0994. The van der Waals surface area contributed by atoms with Crippen molar-refractivity contribution >= 4 is 45.7 Å². The number of rotatable bonds is 7. The van der Waals surface area contributed by atoms with Crippen LogP contribution in [0, 0.1) is 12.8 Å². The first kappa shape index (κ1) is 23.7. The number of Topliss-reactive ketones (excluding diaryl/α,β-unsaturated/α-hetero) is 1. The second kappa shape index (κ2) is 10.2. The van der Waals surface area contributed by atoms with Gasteiger partial charge in [0.1, 0.15) is 16.6 Å². The van der Waals surface area contributed by atoms with Crippen molar-refractivity contribution in [1.29, 1.82) is 0 Å². The molecule has 9 heteroatoms. The van der Waals surface area contributed by atoms with Crippen LogP contribution >= 0.6 is 23.1 Å². The SMILES string of the molecule is COc1ccc2nc(C)nc(SCC(=O)c3ccc(C(=O)N[C@H]4CCN(C)C[C@@H]4C)s3)c2c1. The standard InChI is InChI=1S/C24H28N4O3S2/c1-14-12-28(3)10-9-18(14)27-23(30)22-8-7-21(33-22)20(29)13-32-24-17-11-16(31-4)5-6-19(17)25-15(2)26-24/h5-8,11,14,18H,9-10,12-13H2,1-4H3,(H,27,30)/t14-,18-/m0/s1. The normalized spacial score (nSPS) is 18.9. The number of aromatic nitrogens is 2. The fourth-order valence-electron chi connectivity index (χ4n) is 4.05. The number of thioether (sulfide) groups is 1. The summed E-state index contributed by atoms with van der Waals surface area (Å²) in [4.78, 5) is 38.0. The molecule has 1 aliphatic heterocycles. The number of aryl methyl sites for hydroxylation is 1. The number of nitrogens with one attached hydrogen (secondary N) is 1. The lowest BCUT2D eigenvalue weighted by Gasteiger charge is -2.35. The van der Waals surface area contributed by atoms with Crippen LogP contribution in [0.3, 0.4) is 0 Å². The summed E-state index contributed by atoms with van der Waals surface area (Å²) < 4.78 is 5.32. The lowest BCUT2D eigenvalue weighted by molar-refractivity contribution is 0.0887. The number of piperidine rings is 1. The van der Waals surface area contributed by atoms with E-state index in [1.54, 1.807) is 19.2 Å². The van der Waals surface area contributed by atoms with Gasteiger partial charge in [0.25, 0.3) is 5.91 Å². The number of carbonyl (C=O) groups is 2. The molecule has 2 atom stereocenters. The van der Waals surface area contributed by atoms with Gasteiger partial charge in [-0.15, -0.1) is 11.3 Å². The van der Waals surface area contributed by atoms with Crippen LogP contribution in [0.1, 0.15) is 38.5 Å². The van der Waals surface area contributed by atoms with Crippen LogP contribution < -0.4 is 10.1 Å². The number of hydrogen-bond acceptors (Lipinski definition) is 8. The van der Waals surface area contributed by atoms with Gasteiger partial charge in [0, 0.05) is 18.0 Å². The first-order valence-corrected chi connectivity index (χ1v) is 12.7. The summed E-state index contributed by atoms with van der Waals surface area (Å²) in [6.45, 7) is 5.95. The van der Waals surface area contributed by atoms with E-state index >= 15 is 0 Å². The molecule has 1 aliphatic rings. The van der Waals surface area contributed by atoms with Crippen LogP contribution in [-0.2, 0) is 0 Å². The van der Waals surface area contributed by atoms with Crippen molar-refractivity contribution in [2.24, 2.45) is 5.92 Å². The molecule has 0 radical (unpaired) electrons. The van der Waals surface area contributed by atoms with Crippen molar-refractivity contribution < 1.29 is 14.3 Å². The summed E-state index contributed by atoms with van der Waals surface area (Å²) in [5, 5.41) is 4.76. The molecule has 0 saturated carbocycles. The third-order valence-corrected chi connectivity index (χ3v) is 7.97. The highest BCUT2D eigenvalue weighted by molar-refractivity contribution is 8.00. The maximum atomic E-state index is 12.9. The molecule has 3 aromatic rings. The lowest BCUT2D eigenvalue weighted by Crippen LogP contribution is -2.48. The van der Waals surface area contributed by atoms with Gasteiger partial charge in [0.15, 0.2) is 5.78 Å². The van der Waals surface area contributed by atoms with Crippen LogP contribution in [0.15, 0.2) is 35.4 Å². The summed E-state index contributed by atoms with van der Waals surface area (Å²) in [6, 6.07) is 9.29. The van der Waals surface area contributed by atoms with E-state index in [-0.39, 0.29) is 23.5 Å². The number of ether oxygens (including phenoxy) is 1. The molecule has 1 N–H and O–H groups in total. The van der Waals surface area contributed by atoms with Crippen LogP contribution in [0.5, 0.6) is 5.75 Å². The fraction of sp³-hybridized carbons (Fsp3) is 0.417. The Hall–Kier alpha value is -2.49. The van der Waals surface area contributed by atoms with Crippen LogP contribution in [0.4, 0.5) is 0 Å². The molecule has 0 bridgehead atoms. The Morgan fingerprint density at radius 2 is 2.03 bits per heavy atom. The Morgan fingerprint density at radius 3 is 2.79 bits per heavy atom. The Bertz CT molecular complexity index is 1180. The van der Waals surface area contributed by atoms with Gasteiger partial charge >= 0.3 is 0 Å². The van der Waals surface area contributed by atoms with Crippen LogP contribution in [0.25, 0.3) is 10.9 Å². The maximum absolute atomic E-state index is 12.9. The number of hydrogen-bond donors (Lipinski definition) is 1. The number of ketones is 1. The Balaban J connectivity index is 1.42. The number of nitrogens with zero attached hydrogens (tertiary/aromatic N) is 3. The molecular formula is C24H28N4O3S2. The topological polar surface area (TPSA) is 84.4 Å². The van der Waals surface area contributed by atoms with Crippen molar-refractivity contribution in [2.45, 2.75) is 31.3 Å². The minimum Gasteiger partial charge on any atom is -0.497 e. The molecular weight excluding hydrogens is 456 g/mol. The van der Waals surface area contributed by atoms with E-state index in [9.17, 15) is 9.59 Å². The monoisotopic (exact) mass is 484 g/mol. The molecule has 1 amide bonds. The molecule has 174 valence electrons. The summed E-state index contributed by atoms with van der Waals surface area (Å²) in [5.41, 5.74) is 0.816. The molecule has 1 fully saturated rings. The number of thiophene rings is 1. The van der Waals surface area contributed by atoms with E-state index in [0.29, 0.717) is 21.5 Å². The molecule has 0 unspecified atom stereocenters. The van der Waals surface area contributed by atoms with Gasteiger partial charge in [-0.1, -0.05) is 18.7 Å².